The van der Waals surface area contributed by atoms with Crippen molar-refractivity contribution in [3.05, 3.63) is 59.7 Å². The van der Waals surface area contributed by atoms with Gasteiger partial charge < -0.3 is 15.4 Å². The van der Waals surface area contributed by atoms with Crippen LogP contribution < -0.4 is 5.73 Å². The Bertz CT molecular complexity index is 769. The molecule has 0 aliphatic rings. The molecule has 6 heteroatoms. The van der Waals surface area contributed by atoms with E-state index in [1.165, 1.54) is 12.1 Å². The van der Waals surface area contributed by atoms with Gasteiger partial charge in [-0.15, -0.1) is 0 Å². The molecule has 5 nitrogen and oxygen atoms in total. The molecule has 0 atom stereocenters. The van der Waals surface area contributed by atoms with E-state index in [1.54, 1.807) is 30.3 Å². The van der Waals surface area contributed by atoms with Crippen molar-refractivity contribution in [1.82, 2.24) is 10.1 Å². The van der Waals surface area contributed by atoms with Gasteiger partial charge >= 0.3 is 0 Å². The predicted octanol–water partition coefficient (Wildman–Crippen LogP) is 2.75. The second-order valence-electron chi connectivity index (χ2n) is 4.60. The van der Waals surface area contributed by atoms with E-state index < -0.39 is 5.82 Å². The third kappa shape index (κ3) is 2.84. The van der Waals surface area contributed by atoms with Gasteiger partial charge in [0.1, 0.15) is 11.6 Å². The van der Waals surface area contributed by atoms with E-state index in [4.69, 9.17) is 10.3 Å². The van der Waals surface area contributed by atoms with E-state index in [9.17, 15) is 9.50 Å². The zero-order chi connectivity index (χ0) is 14.8. The number of rotatable bonds is 3. The summed E-state index contributed by atoms with van der Waals surface area (Å²) in [7, 11) is 0. The summed E-state index contributed by atoms with van der Waals surface area (Å²) in [6.07, 6.45) is 0.460. The first-order valence-electron chi connectivity index (χ1n) is 6.28. The lowest BCUT2D eigenvalue weighted by Gasteiger charge is -1.98. The Morgan fingerprint density at radius 2 is 1.90 bits per heavy atom. The summed E-state index contributed by atoms with van der Waals surface area (Å²) in [6, 6.07) is 11.1. The van der Waals surface area contributed by atoms with Crippen molar-refractivity contribution in [2.75, 3.05) is 5.73 Å². The van der Waals surface area contributed by atoms with E-state index >= 15 is 0 Å². The van der Waals surface area contributed by atoms with Crippen molar-refractivity contribution in [1.29, 1.82) is 0 Å². The number of hydrogen-bond donors (Lipinski definition) is 2. The third-order valence-corrected chi connectivity index (χ3v) is 3.01. The van der Waals surface area contributed by atoms with Gasteiger partial charge in [0.15, 0.2) is 5.82 Å². The Kier molecular flexibility index (Phi) is 3.27. The summed E-state index contributed by atoms with van der Waals surface area (Å²) < 4.78 is 18.5. The molecule has 0 radical (unpaired) electrons. The highest BCUT2D eigenvalue weighted by Gasteiger charge is 2.11. The molecule has 0 saturated heterocycles. The van der Waals surface area contributed by atoms with Crippen LogP contribution in [0.5, 0.6) is 5.75 Å². The van der Waals surface area contributed by atoms with Crippen LogP contribution in [0.1, 0.15) is 11.4 Å². The molecular formula is C15H12FN3O2. The summed E-state index contributed by atoms with van der Waals surface area (Å²) in [5.74, 6) is 0.395. The maximum absolute atomic E-state index is 13.4. The van der Waals surface area contributed by atoms with Crippen molar-refractivity contribution >= 4 is 5.69 Å². The van der Waals surface area contributed by atoms with Crippen LogP contribution in [0.2, 0.25) is 0 Å². The summed E-state index contributed by atoms with van der Waals surface area (Å²) in [6.45, 7) is 0. The lowest BCUT2D eigenvalue weighted by Crippen LogP contribution is -1.92. The Morgan fingerprint density at radius 1 is 1.14 bits per heavy atom. The summed E-state index contributed by atoms with van der Waals surface area (Å²) in [4.78, 5) is 4.22. The van der Waals surface area contributed by atoms with E-state index in [1.807, 2.05) is 0 Å². The molecule has 0 fully saturated rings. The van der Waals surface area contributed by atoms with Gasteiger partial charge in [0.05, 0.1) is 5.69 Å². The molecule has 0 aliphatic carbocycles. The third-order valence-electron chi connectivity index (χ3n) is 3.01. The van der Waals surface area contributed by atoms with Crippen LogP contribution in [0.4, 0.5) is 10.1 Å². The summed E-state index contributed by atoms with van der Waals surface area (Å²) >= 11 is 0. The number of benzene rings is 2. The van der Waals surface area contributed by atoms with Gasteiger partial charge in [0.2, 0.25) is 0 Å². The summed E-state index contributed by atoms with van der Waals surface area (Å²) in [5.41, 5.74) is 6.91. The Balaban J connectivity index is 1.82. The molecule has 1 heterocycles. The molecule has 3 aromatic rings. The average Bonchev–Trinajstić information content (AvgIpc) is 2.93. The summed E-state index contributed by atoms with van der Waals surface area (Å²) in [5, 5.41) is 13.1. The maximum atomic E-state index is 13.4. The van der Waals surface area contributed by atoms with Gasteiger partial charge in [-0.25, -0.2) is 4.39 Å². The van der Waals surface area contributed by atoms with Crippen LogP contribution in [0.3, 0.4) is 0 Å². The number of nitrogens with zero attached hydrogens (tertiary/aromatic N) is 2. The first-order valence-corrected chi connectivity index (χ1v) is 6.28. The minimum absolute atomic E-state index is 0.0718. The predicted molar refractivity (Wildman–Crippen MR) is 75.0 cm³/mol. The molecule has 2 aromatic carbocycles. The minimum Gasteiger partial charge on any atom is -0.508 e. The van der Waals surface area contributed by atoms with Gasteiger partial charge in [-0.2, -0.15) is 4.98 Å². The molecule has 21 heavy (non-hydrogen) atoms. The van der Waals surface area contributed by atoms with Crippen LogP contribution >= 0.6 is 0 Å². The molecule has 0 bridgehead atoms. The van der Waals surface area contributed by atoms with Crippen LogP contribution in [0.15, 0.2) is 47.0 Å². The zero-order valence-electron chi connectivity index (χ0n) is 11.0. The van der Waals surface area contributed by atoms with Crippen LogP contribution in [-0.2, 0) is 6.42 Å². The molecule has 1 aromatic heterocycles. The number of hydrogen-bond acceptors (Lipinski definition) is 5. The average molecular weight is 285 g/mol. The van der Waals surface area contributed by atoms with E-state index in [2.05, 4.69) is 10.1 Å². The smallest absolute Gasteiger partial charge is 0.258 e. The van der Waals surface area contributed by atoms with Gasteiger partial charge in [0.25, 0.3) is 5.89 Å². The normalized spacial score (nSPS) is 10.7. The quantitative estimate of drug-likeness (QED) is 0.723. The highest BCUT2D eigenvalue weighted by molar-refractivity contribution is 5.57. The fraction of sp³-hybridized carbons (Fsp3) is 0.0667. The van der Waals surface area contributed by atoms with Crippen molar-refractivity contribution in [2.45, 2.75) is 6.42 Å². The molecule has 106 valence electrons. The Hall–Kier alpha value is -2.89. The van der Waals surface area contributed by atoms with Gasteiger partial charge in [-0.1, -0.05) is 17.3 Å². The second-order valence-corrected chi connectivity index (χ2v) is 4.60. The van der Waals surface area contributed by atoms with E-state index in [0.29, 0.717) is 17.8 Å². The van der Waals surface area contributed by atoms with Crippen LogP contribution in [0, 0.1) is 5.82 Å². The molecule has 0 unspecified atom stereocenters. The standard InChI is InChI=1S/C15H12FN3O2/c16-12-8-10(3-6-13(12)17)15-18-14(19-21-15)7-9-1-4-11(20)5-2-9/h1-6,8,20H,7,17H2. The van der Waals surface area contributed by atoms with Gasteiger partial charge in [-0.05, 0) is 35.9 Å². The number of aromatic nitrogens is 2. The molecule has 0 spiro atoms. The number of aromatic hydroxyl groups is 1. The van der Waals surface area contributed by atoms with Crippen LogP contribution in [-0.4, -0.2) is 15.2 Å². The molecule has 0 saturated carbocycles. The maximum Gasteiger partial charge on any atom is 0.258 e. The van der Waals surface area contributed by atoms with Crippen molar-refractivity contribution in [3.8, 4) is 17.2 Å². The Labute approximate surface area is 119 Å². The van der Waals surface area contributed by atoms with Gasteiger partial charge in [-0.3, -0.25) is 0 Å². The SMILES string of the molecule is Nc1ccc(-c2nc(Cc3ccc(O)cc3)no2)cc1F. The van der Waals surface area contributed by atoms with Crippen molar-refractivity contribution < 1.29 is 14.0 Å². The number of phenols is 1. The number of nitrogens with two attached hydrogens (primary N) is 1. The zero-order valence-corrected chi connectivity index (χ0v) is 11.0. The number of halogens is 1. The molecular weight excluding hydrogens is 273 g/mol. The second kappa shape index (κ2) is 5.24. The van der Waals surface area contributed by atoms with Gasteiger partial charge in [0, 0.05) is 12.0 Å². The first kappa shape index (κ1) is 13.1. The van der Waals surface area contributed by atoms with E-state index in [-0.39, 0.29) is 17.3 Å². The highest BCUT2D eigenvalue weighted by atomic mass is 19.1. The number of phenolic OH excluding ortho intramolecular Hbond substituents is 1. The lowest BCUT2D eigenvalue weighted by molar-refractivity contribution is 0.423. The Morgan fingerprint density at radius 3 is 2.62 bits per heavy atom. The fourth-order valence-corrected chi connectivity index (χ4v) is 1.90. The number of nitrogen functional groups attached to an aromatic ring is 1. The lowest BCUT2D eigenvalue weighted by atomic mass is 10.1. The molecule has 3 rings (SSSR count). The van der Waals surface area contributed by atoms with Crippen molar-refractivity contribution in [3.63, 3.8) is 0 Å². The van der Waals surface area contributed by atoms with Crippen LogP contribution in [0.25, 0.3) is 11.5 Å². The molecule has 0 aliphatic heterocycles. The molecule has 3 N–H and O–H groups in total. The molecule has 0 amide bonds. The topological polar surface area (TPSA) is 85.2 Å². The van der Waals surface area contributed by atoms with Crippen molar-refractivity contribution in [2.24, 2.45) is 0 Å². The van der Waals surface area contributed by atoms with E-state index in [0.717, 1.165) is 5.56 Å². The highest BCUT2D eigenvalue weighted by Crippen LogP contribution is 2.22. The largest absolute Gasteiger partial charge is 0.508 e. The fourth-order valence-electron chi connectivity index (χ4n) is 1.90. The number of anilines is 1. The first-order chi connectivity index (χ1) is 10.1. The minimum atomic E-state index is -0.522. The monoisotopic (exact) mass is 285 g/mol.